The number of hydrogen-bond acceptors (Lipinski definition) is 7. The van der Waals surface area contributed by atoms with Crippen LogP contribution in [0, 0.1) is 22.7 Å². The predicted molar refractivity (Wildman–Crippen MR) is 181 cm³/mol. The molecule has 1 heterocycles. The quantitative estimate of drug-likeness (QED) is 0.241. The molecule has 4 saturated carbocycles. The highest BCUT2D eigenvalue weighted by Crippen LogP contribution is 2.65. The summed E-state index contributed by atoms with van der Waals surface area (Å²) in [5.74, 6) is -2.44. The van der Waals surface area contributed by atoms with Gasteiger partial charge >= 0.3 is 6.03 Å². The van der Waals surface area contributed by atoms with E-state index in [1.54, 1.807) is 25.7 Å². The molecule has 5 fully saturated rings. The number of likely N-dealkylation sites (tertiary alicyclic amines) is 1. The largest absolute Gasteiger partial charge is 0.347 e. The second kappa shape index (κ2) is 13.2. The molecule has 0 aromatic carbocycles. The number of carbonyl (C=O) groups is 5. The number of ketones is 1. The number of carbonyl (C=O) groups excluding carboxylic acids is 5. The summed E-state index contributed by atoms with van der Waals surface area (Å²) in [6.45, 7) is 11.1. The molecule has 4 atom stereocenters. The lowest BCUT2D eigenvalue weighted by Gasteiger charge is -2.44. The van der Waals surface area contributed by atoms with Crippen LogP contribution in [0.15, 0.2) is 0 Å². The van der Waals surface area contributed by atoms with Gasteiger partial charge in [0.15, 0.2) is 9.84 Å². The molecule has 0 aromatic rings. The second-order valence-electron chi connectivity index (χ2n) is 17.2. The molecule has 0 bridgehead atoms. The summed E-state index contributed by atoms with van der Waals surface area (Å²) in [7, 11) is -3.55. The molecule has 1 aliphatic heterocycles. The SMILES string of the molecule is CC1(C)C2CN(C(=O)[C@@H](NC(=O)NC3(CS(=O)(=O)C(C)(C)C)CCCCC3)C3(C)CCCCC3)C(C(=O)NCC(=O)C(=O)NC3CC3)C21. The number of nitrogens with one attached hydrogen (secondary N) is 4. The zero-order chi connectivity index (χ0) is 35.3. The van der Waals surface area contributed by atoms with Gasteiger partial charge in [0.2, 0.25) is 17.6 Å². The van der Waals surface area contributed by atoms with Gasteiger partial charge in [0.05, 0.1) is 22.6 Å². The van der Waals surface area contributed by atoms with Crippen LogP contribution in [0.2, 0.25) is 0 Å². The topological polar surface area (TPSA) is 171 Å². The van der Waals surface area contributed by atoms with Crippen LogP contribution in [0.3, 0.4) is 0 Å². The third-order valence-corrected chi connectivity index (χ3v) is 15.0. The van der Waals surface area contributed by atoms with E-state index in [0.717, 1.165) is 64.2 Å². The summed E-state index contributed by atoms with van der Waals surface area (Å²) in [5, 5.41) is 11.4. The summed E-state index contributed by atoms with van der Waals surface area (Å²) < 4.78 is 25.8. The Morgan fingerprint density at radius 1 is 0.875 bits per heavy atom. The van der Waals surface area contributed by atoms with Crippen LogP contribution < -0.4 is 21.3 Å². The van der Waals surface area contributed by atoms with Gasteiger partial charge in [0.1, 0.15) is 12.1 Å². The molecule has 4 N–H and O–H groups in total. The molecule has 5 aliphatic rings. The summed E-state index contributed by atoms with van der Waals surface area (Å²) in [6, 6.07) is -2.31. The monoisotopic (exact) mass is 691 g/mol. The van der Waals surface area contributed by atoms with Crippen LogP contribution >= 0.6 is 0 Å². The van der Waals surface area contributed by atoms with Crippen molar-refractivity contribution in [3.63, 3.8) is 0 Å². The molecule has 270 valence electrons. The molecule has 4 aliphatic carbocycles. The van der Waals surface area contributed by atoms with Crippen LogP contribution in [-0.4, -0.2) is 90.1 Å². The van der Waals surface area contributed by atoms with Crippen LogP contribution in [0.5, 0.6) is 0 Å². The van der Waals surface area contributed by atoms with E-state index < -0.39 is 67.8 Å². The van der Waals surface area contributed by atoms with Gasteiger partial charge in [-0.05, 0) is 82.0 Å². The Bertz CT molecular complexity index is 1400. The maximum absolute atomic E-state index is 14.7. The van der Waals surface area contributed by atoms with Crippen molar-refractivity contribution in [2.75, 3.05) is 18.8 Å². The first-order chi connectivity index (χ1) is 22.3. The minimum Gasteiger partial charge on any atom is -0.347 e. The minimum absolute atomic E-state index is 0.0202. The summed E-state index contributed by atoms with van der Waals surface area (Å²) >= 11 is 0. The van der Waals surface area contributed by atoms with Crippen molar-refractivity contribution in [3.05, 3.63) is 0 Å². The fraction of sp³-hybridized carbons (Fsp3) is 0.857. The van der Waals surface area contributed by atoms with Gasteiger partial charge in [0, 0.05) is 12.6 Å². The average molecular weight is 692 g/mol. The maximum Gasteiger partial charge on any atom is 0.315 e. The van der Waals surface area contributed by atoms with Crippen molar-refractivity contribution in [1.29, 1.82) is 0 Å². The Labute approximate surface area is 286 Å². The lowest BCUT2D eigenvalue weighted by molar-refractivity contribution is -0.145. The van der Waals surface area contributed by atoms with Gasteiger partial charge in [-0.1, -0.05) is 59.3 Å². The molecular weight excluding hydrogens is 634 g/mol. The zero-order valence-electron chi connectivity index (χ0n) is 29.7. The van der Waals surface area contributed by atoms with Crippen molar-refractivity contribution in [2.45, 2.75) is 147 Å². The number of amides is 5. The van der Waals surface area contributed by atoms with Gasteiger partial charge in [-0.2, -0.15) is 0 Å². The van der Waals surface area contributed by atoms with Gasteiger partial charge in [-0.15, -0.1) is 0 Å². The molecule has 0 radical (unpaired) electrons. The molecule has 12 nitrogen and oxygen atoms in total. The molecule has 3 unspecified atom stereocenters. The number of piperidine rings is 1. The third kappa shape index (κ3) is 7.55. The van der Waals surface area contributed by atoms with E-state index in [2.05, 4.69) is 35.1 Å². The number of sulfone groups is 1. The highest BCUT2D eigenvalue weighted by atomic mass is 32.2. The Morgan fingerprint density at radius 2 is 1.46 bits per heavy atom. The van der Waals surface area contributed by atoms with Crippen LogP contribution in [0.1, 0.15) is 119 Å². The van der Waals surface area contributed by atoms with Crippen LogP contribution in [-0.2, 0) is 29.0 Å². The summed E-state index contributed by atoms with van der Waals surface area (Å²) in [6.07, 6.45) is 9.61. The molecule has 48 heavy (non-hydrogen) atoms. The van der Waals surface area contributed by atoms with Crippen molar-refractivity contribution in [3.8, 4) is 0 Å². The lowest BCUT2D eigenvalue weighted by atomic mass is 9.70. The Morgan fingerprint density at radius 3 is 2.02 bits per heavy atom. The average Bonchev–Trinajstić information content (AvgIpc) is 3.85. The fourth-order valence-electron chi connectivity index (χ4n) is 8.53. The standard InChI is InChI=1S/C35H57N5O7S/c1-32(2,3)48(46,47)21-35(17-11-8-12-18-35)39-31(45)38-27(34(6)15-9-7-10-16-34)30(44)40-20-23-25(33(23,4)5)26(40)29(43)36-19-24(41)28(42)37-22-13-14-22/h22-23,25-27H,7-21H2,1-6H3,(H,36,43)(H,37,42)(H2,38,39,45)/t23?,25?,26?,27-/m1/s1. The van der Waals surface area contributed by atoms with Gasteiger partial charge in [0.25, 0.3) is 5.91 Å². The van der Waals surface area contributed by atoms with Gasteiger partial charge < -0.3 is 26.2 Å². The highest BCUT2D eigenvalue weighted by Gasteiger charge is 2.70. The molecule has 0 aromatic heterocycles. The first-order valence-electron chi connectivity index (χ1n) is 18.0. The number of fused-ring (bicyclic) bond motifs is 1. The molecule has 13 heteroatoms. The number of hydrogen-bond donors (Lipinski definition) is 4. The summed E-state index contributed by atoms with van der Waals surface area (Å²) in [4.78, 5) is 68.6. The third-order valence-electron chi connectivity index (χ3n) is 12.2. The number of urea groups is 1. The van der Waals surface area contributed by atoms with E-state index in [-0.39, 0.29) is 35.0 Å². The molecule has 0 spiro atoms. The number of rotatable bonds is 11. The van der Waals surface area contributed by atoms with Crippen LogP contribution in [0.4, 0.5) is 4.79 Å². The van der Waals surface area contributed by atoms with E-state index in [0.29, 0.717) is 19.4 Å². The normalized spacial score (nSPS) is 28.0. The van der Waals surface area contributed by atoms with E-state index in [4.69, 9.17) is 0 Å². The Balaban J connectivity index is 1.35. The highest BCUT2D eigenvalue weighted by molar-refractivity contribution is 7.92. The maximum atomic E-state index is 14.7. The van der Waals surface area contributed by atoms with E-state index in [1.165, 1.54) is 0 Å². The number of Topliss-reactive ketones (excluding diaryl/α,β-unsaturated/α-hetero) is 1. The van der Waals surface area contributed by atoms with Gasteiger partial charge in [-0.3, -0.25) is 19.2 Å². The van der Waals surface area contributed by atoms with Crippen molar-refractivity contribution in [2.24, 2.45) is 22.7 Å². The lowest BCUT2D eigenvalue weighted by Crippen LogP contribution is -2.64. The molecule has 1 saturated heterocycles. The van der Waals surface area contributed by atoms with E-state index in [1.807, 2.05) is 6.92 Å². The molecule has 5 amide bonds. The Hall–Kier alpha value is -2.70. The second-order valence-corrected chi connectivity index (χ2v) is 20.0. The van der Waals surface area contributed by atoms with Crippen molar-refractivity contribution in [1.82, 2.24) is 26.2 Å². The van der Waals surface area contributed by atoms with Crippen molar-refractivity contribution < 1.29 is 32.4 Å². The molecule has 5 rings (SSSR count). The summed E-state index contributed by atoms with van der Waals surface area (Å²) in [5.41, 5.74) is -1.67. The van der Waals surface area contributed by atoms with E-state index in [9.17, 15) is 32.4 Å². The first kappa shape index (κ1) is 36.6. The Kier molecular flexibility index (Phi) is 10.1. The zero-order valence-corrected chi connectivity index (χ0v) is 30.5. The van der Waals surface area contributed by atoms with E-state index >= 15 is 0 Å². The molecular formula is C35H57N5O7S. The first-order valence-corrected chi connectivity index (χ1v) is 19.7. The fourth-order valence-corrected chi connectivity index (χ4v) is 10.1. The van der Waals surface area contributed by atoms with Crippen LogP contribution in [0.25, 0.3) is 0 Å². The van der Waals surface area contributed by atoms with Gasteiger partial charge in [-0.25, -0.2) is 13.2 Å². The predicted octanol–water partition coefficient (Wildman–Crippen LogP) is 2.99. The smallest absolute Gasteiger partial charge is 0.315 e. The minimum atomic E-state index is -3.55. The van der Waals surface area contributed by atoms with Crippen molar-refractivity contribution >= 4 is 39.4 Å². The number of nitrogens with zero attached hydrogens (tertiary/aromatic N) is 1.